The van der Waals surface area contributed by atoms with Crippen LogP contribution in [0.2, 0.25) is 0 Å². The molecule has 0 saturated heterocycles. The molecule has 104 valence electrons. The van der Waals surface area contributed by atoms with Crippen LogP contribution in [0.1, 0.15) is 11.1 Å². The van der Waals surface area contributed by atoms with E-state index in [1.54, 1.807) is 12.3 Å². The molecule has 0 bridgehead atoms. The molecule has 5 heteroatoms. The first-order chi connectivity index (χ1) is 10.3. The largest absolute Gasteiger partial charge is 0.389 e. The lowest BCUT2D eigenvalue weighted by atomic mass is 10.0. The molecule has 3 rings (SSSR count). The number of anilines is 1. The van der Waals surface area contributed by atoms with Crippen LogP contribution in [0.5, 0.6) is 0 Å². The van der Waals surface area contributed by atoms with Crippen LogP contribution in [-0.4, -0.2) is 15.2 Å². The highest BCUT2D eigenvalue weighted by Gasteiger charge is 2.07. The van der Waals surface area contributed by atoms with E-state index in [9.17, 15) is 0 Å². The van der Waals surface area contributed by atoms with E-state index in [1.807, 2.05) is 18.2 Å². The number of hydrogen-bond acceptors (Lipinski definition) is 4. The average molecular weight is 294 g/mol. The smallest absolute Gasteiger partial charge is 0.159 e. The summed E-state index contributed by atoms with van der Waals surface area (Å²) in [4.78, 5) is 0.310. The van der Waals surface area contributed by atoms with Crippen LogP contribution in [0.15, 0.2) is 54.7 Å². The van der Waals surface area contributed by atoms with Gasteiger partial charge in [0.1, 0.15) is 4.99 Å². The van der Waals surface area contributed by atoms with Gasteiger partial charge in [-0.05, 0) is 22.4 Å². The van der Waals surface area contributed by atoms with Crippen LogP contribution in [0.3, 0.4) is 0 Å². The van der Waals surface area contributed by atoms with Gasteiger partial charge >= 0.3 is 0 Å². The minimum absolute atomic E-state index is 0.310. The van der Waals surface area contributed by atoms with E-state index in [0.717, 1.165) is 0 Å². The topological polar surface area (TPSA) is 63.8 Å². The number of thiocarbonyl (C=S) groups is 1. The molecule has 0 saturated carbocycles. The van der Waals surface area contributed by atoms with Gasteiger partial charge in [0.15, 0.2) is 5.82 Å². The maximum Gasteiger partial charge on any atom is 0.159 e. The van der Waals surface area contributed by atoms with Crippen molar-refractivity contribution in [1.29, 1.82) is 0 Å². The Hall–Kier alpha value is -2.53. The van der Waals surface area contributed by atoms with Crippen molar-refractivity contribution in [2.75, 3.05) is 5.32 Å². The lowest BCUT2D eigenvalue weighted by molar-refractivity contribution is 0.999. The Morgan fingerprint density at radius 1 is 1.10 bits per heavy atom. The van der Waals surface area contributed by atoms with E-state index in [2.05, 4.69) is 39.8 Å². The van der Waals surface area contributed by atoms with Crippen molar-refractivity contribution in [2.45, 2.75) is 6.54 Å². The maximum absolute atomic E-state index is 5.70. The first-order valence-electron chi connectivity index (χ1n) is 6.58. The Bertz CT molecular complexity index is 796. The summed E-state index contributed by atoms with van der Waals surface area (Å²) in [5.41, 5.74) is 7.59. The van der Waals surface area contributed by atoms with E-state index in [-0.39, 0.29) is 0 Å². The van der Waals surface area contributed by atoms with Crippen LogP contribution in [0, 0.1) is 0 Å². The third-order valence-corrected chi connectivity index (χ3v) is 3.53. The van der Waals surface area contributed by atoms with Crippen molar-refractivity contribution in [3.05, 3.63) is 65.9 Å². The fraction of sp³-hybridized carbons (Fsp3) is 0.0625. The standard InChI is InChI=1S/C16H14N4S/c17-15(21)14-8-9-19-20-16(14)18-10-12-6-3-5-11-4-1-2-7-13(11)12/h1-9H,10H2,(H2,17,21)(H,18,20). The van der Waals surface area contributed by atoms with Crippen molar-refractivity contribution in [3.8, 4) is 0 Å². The van der Waals surface area contributed by atoms with Gasteiger partial charge in [-0.2, -0.15) is 5.10 Å². The molecule has 4 nitrogen and oxygen atoms in total. The summed E-state index contributed by atoms with van der Waals surface area (Å²) in [5.74, 6) is 0.609. The van der Waals surface area contributed by atoms with Crippen molar-refractivity contribution in [1.82, 2.24) is 10.2 Å². The molecule has 0 atom stereocenters. The molecule has 0 unspecified atom stereocenters. The molecule has 0 amide bonds. The van der Waals surface area contributed by atoms with Crippen LogP contribution >= 0.6 is 12.2 Å². The van der Waals surface area contributed by atoms with E-state index < -0.39 is 0 Å². The van der Waals surface area contributed by atoms with Gasteiger partial charge in [-0.1, -0.05) is 54.7 Å². The summed E-state index contributed by atoms with van der Waals surface area (Å²) in [6.45, 7) is 0.635. The Morgan fingerprint density at radius 3 is 2.76 bits per heavy atom. The maximum atomic E-state index is 5.70. The van der Waals surface area contributed by atoms with Gasteiger partial charge in [0.05, 0.1) is 11.8 Å². The number of benzene rings is 2. The van der Waals surface area contributed by atoms with Gasteiger partial charge in [-0.3, -0.25) is 0 Å². The molecule has 0 aliphatic rings. The van der Waals surface area contributed by atoms with Gasteiger partial charge in [0, 0.05) is 6.54 Å². The summed E-state index contributed by atoms with van der Waals surface area (Å²) in [6, 6.07) is 16.3. The number of nitrogens with two attached hydrogens (primary N) is 1. The molecule has 2 aromatic carbocycles. The van der Waals surface area contributed by atoms with E-state index in [0.29, 0.717) is 22.9 Å². The zero-order valence-electron chi connectivity index (χ0n) is 11.3. The number of fused-ring (bicyclic) bond motifs is 1. The summed E-state index contributed by atoms with van der Waals surface area (Å²) in [5, 5.41) is 13.6. The summed E-state index contributed by atoms with van der Waals surface area (Å²) >= 11 is 5.03. The Morgan fingerprint density at radius 2 is 1.90 bits per heavy atom. The third kappa shape index (κ3) is 2.83. The zero-order chi connectivity index (χ0) is 14.7. The van der Waals surface area contributed by atoms with Gasteiger partial charge in [0.25, 0.3) is 0 Å². The van der Waals surface area contributed by atoms with Crippen LogP contribution in [0.25, 0.3) is 10.8 Å². The Kier molecular flexibility index (Phi) is 3.75. The van der Waals surface area contributed by atoms with E-state index in [4.69, 9.17) is 18.0 Å². The summed E-state index contributed by atoms with van der Waals surface area (Å²) in [7, 11) is 0. The Balaban J connectivity index is 1.89. The third-order valence-electron chi connectivity index (χ3n) is 3.31. The van der Waals surface area contributed by atoms with Gasteiger partial charge in [0.2, 0.25) is 0 Å². The molecule has 0 radical (unpaired) electrons. The van der Waals surface area contributed by atoms with E-state index >= 15 is 0 Å². The minimum Gasteiger partial charge on any atom is -0.389 e. The fourth-order valence-corrected chi connectivity index (χ4v) is 2.45. The Labute approximate surface area is 128 Å². The highest BCUT2D eigenvalue weighted by atomic mass is 32.1. The molecule has 1 heterocycles. The summed E-state index contributed by atoms with van der Waals surface area (Å²) in [6.07, 6.45) is 1.58. The van der Waals surface area contributed by atoms with Crippen LogP contribution in [-0.2, 0) is 6.54 Å². The zero-order valence-corrected chi connectivity index (χ0v) is 12.1. The molecule has 21 heavy (non-hydrogen) atoms. The first kappa shape index (κ1) is 13.5. The molecule has 0 fully saturated rings. The van der Waals surface area contributed by atoms with Crippen molar-refractivity contribution in [3.63, 3.8) is 0 Å². The lowest BCUT2D eigenvalue weighted by Crippen LogP contribution is -2.15. The second-order valence-corrected chi connectivity index (χ2v) is 5.09. The van der Waals surface area contributed by atoms with Gasteiger partial charge in [-0.25, -0.2) is 0 Å². The SMILES string of the molecule is NC(=S)c1ccnnc1NCc1cccc2ccccc12. The van der Waals surface area contributed by atoms with E-state index in [1.165, 1.54) is 16.3 Å². The number of hydrogen-bond donors (Lipinski definition) is 2. The predicted octanol–water partition coefficient (Wildman–Crippen LogP) is 2.88. The summed E-state index contributed by atoms with van der Waals surface area (Å²) < 4.78 is 0. The van der Waals surface area contributed by atoms with Crippen molar-refractivity contribution in [2.24, 2.45) is 5.73 Å². The van der Waals surface area contributed by atoms with Gasteiger partial charge in [-0.15, -0.1) is 5.10 Å². The second kappa shape index (κ2) is 5.85. The highest BCUT2D eigenvalue weighted by molar-refractivity contribution is 7.80. The fourth-order valence-electron chi connectivity index (χ4n) is 2.29. The first-order valence-corrected chi connectivity index (χ1v) is 6.98. The molecule has 3 N–H and O–H groups in total. The molecule has 0 aliphatic carbocycles. The molecular formula is C16H14N4S. The predicted molar refractivity (Wildman–Crippen MR) is 89.2 cm³/mol. The molecular weight excluding hydrogens is 280 g/mol. The molecule has 3 aromatic rings. The number of nitrogens with zero attached hydrogens (tertiary/aromatic N) is 2. The van der Waals surface area contributed by atoms with Crippen molar-refractivity contribution < 1.29 is 0 Å². The van der Waals surface area contributed by atoms with Crippen molar-refractivity contribution >= 4 is 33.8 Å². The number of rotatable bonds is 4. The quantitative estimate of drug-likeness (QED) is 0.724. The monoisotopic (exact) mass is 294 g/mol. The average Bonchev–Trinajstić information content (AvgIpc) is 2.53. The normalized spacial score (nSPS) is 10.5. The molecule has 0 spiro atoms. The minimum atomic E-state index is 0.310. The number of nitrogens with one attached hydrogen (secondary N) is 1. The van der Waals surface area contributed by atoms with Gasteiger partial charge < -0.3 is 11.1 Å². The molecule has 1 aromatic heterocycles. The number of aromatic nitrogens is 2. The second-order valence-electron chi connectivity index (χ2n) is 4.65. The van der Waals surface area contributed by atoms with Crippen LogP contribution in [0.4, 0.5) is 5.82 Å². The van der Waals surface area contributed by atoms with Crippen LogP contribution < -0.4 is 11.1 Å². The molecule has 0 aliphatic heterocycles. The lowest BCUT2D eigenvalue weighted by Gasteiger charge is -2.11. The highest BCUT2D eigenvalue weighted by Crippen LogP contribution is 2.20.